The lowest BCUT2D eigenvalue weighted by Gasteiger charge is -2.34. The van der Waals surface area contributed by atoms with Crippen LogP contribution in [0.3, 0.4) is 0 Å². The molecule has 2 N–H and O–H groups in total. The van der Waals surface area contributed by atoms with Crippen LogP contribution in [0.1, 0.15) is 43.0 Å². The van der Waals surface area contributed by atoms with Crippen molar-refractivity contribution in [3.05, 3.63) is 23.8 Å². The Morgan fingerprint density at radius 1 is 1.33 bits per heavy atom. The Labute approximate surface area is 127 Å². The number of carbonyl (C=O) groups excluding carboxylic acids is 1. The highest BCUT2D eigenvalue weighted by atomic mass is 16.2. The lowest BCUT2D eigenvalue weighted by atomic mass is 9.92. The highest BCUT2D eigenvalue weighted by Crippen LogP contribution is 2.30. The Morgan fingerprint density at radius 3 is 2.57 bits per heavy atom. The van der Waals surface area contributed by atoms with E-state index in [1.165, 1.54) is 25.7 Å². The van der Waals surface area contributed by atoms with Gasteiger partial charge in [-0.25, -0.2) is 0 Å². The molecule has 4 heteroatoms. The summed E-state index contributed by atoms with van der Waals surface area (Å²) in [5.74, 6) is 0.871. The number of nitrogen functional groups attached to an aromatic ring is 1. The molecule has 1 aliphatic rings. The summed E-state index contributed by atoms with van der Waals surface area (Å²) < 4.78 is 0. The first-order chi connectivity index (χ1) is 10.0. The van der Waals surface area contributed by atoms with Crippen LogP contribution in [0.5, 0.6) is 0 Å². The SMILES string of the molecule is CCCC1CCN(c2cc(C(=O)N(C)C)ccc2N)CC1. The number of amides is 1. The summed E-state index contributed by atoms with van der Waals surface area (Å²) in [4.78, 5) is 16.0. The number of rotatable bonds is 4. The van der Waals surface area contributed by atoms with E-state index in [1.54, 1.807) is 19.0 Å². The van der Waals surface area contributed by atoms with Crippen LogP contribution in [0.4, 0.5) is 11.4 Å². The van der Waals surface area contributed by atoms with Gasteiger partial charge in [0.2, 0.25) is 0 Å². The highest BCUT2D eigenvalue weighted by Gasteiger charge is 2.21. The number of nitrogens with zero attached hydrogens (tertiary/aromatic N) is 2. The normalized spacial score (nSPS) is 16.0. The van der Waals surface area contributed by atoms with Gasteiger partial charge in [0.25, 0.3) is 5.91 Å². The molecule has 0 radical (unpaired) electrons. The third-order valence-corrected chi connectivity index (χ3v) is 4.34. The van der Waals surface area contributed by atoms with Gasteiger partial charge >= 0.3 is 0 Å². The smallest absolute Gasteiger partial charge is 0.253 e. The monoisotopic (exact) mass is 289 g/mol. The molecule has 1 saturated heterocycles. The first-order valence-corrected chi connectivity index (χ1v) is 7.89. The molecule has 1 aliphatic heterocycles. The van der Waals surface area contributed by atoms with E-state index in [2.05, 4.69) is 11.8 Å². The molecular weight excluding hydrogens is 262 g/mol. The predicted octanol–water partition coefficient (Wildman–Crippen LogP) is 2.99. The minimum absolute atomic E-state index is 0.0251. The van der Waals surface area contributed by atoms with E-state index >= 15 is 0 Å². The van der Waals surface area contributed by atoms with E-state index < -0.39 is 0 Å². The van der Waals surface area contributed by atoms with Crippen LogP contribution in [0.25, 0.3) is 0 Å². The van der Waals surface area contributed by atoms with Crippen molar-refractivity contribution in [2.24, 2.45) is 5.92 Å². The van der Waals surface area contributed by atoms with Gasteiger partial charge in [-0.1, -0.05) is 19.8 Å². The molecule has 0 saturated carbocycles. The van der Waals surface area contributed by atoms with Crippen LogP contribution >= 0.6 is 0 Å². The Bertz CT molecular complexity index is 491. The van der Waals surface area contributed by atoms with E-state index in [1.807, 2.05) is 18.2 Å². The highest BCUT2D eigenvalue weighted by molar-refractivity contribution is 5.96. The molecule has 1 aromatic rings. The number of nitrogens with two attached hydrogens (primary N) is 1. The molecule has 2 rings (SSSR count). The van der Waals surface area contributed by atoms with Crippen molar-refractivity contribution >= 4 is 17.3 Å². The second-order valence-corrected chi connectivity index (χ2v) is 6.19. The van der Waals surface area contributed by atoms with Crippen LogP contribution < -0.4 is 10.6 Å². The topological polar surface area (TPSA) is 49.6 Å². The van der Waals surface area contributed by atoms with E-state index in [4.69, 9.17) is 5.73 Å². The number of benzene rings is 1. The Kier molecular flexibility index (Phi) is 5.10. The van der Waals surface area contributed by atoms with E-state index in [0.717, 1.165) is 30.4 Å². The van der Waals surface area contributed by atoms with Crippen molar-refractivity contribution in [1.82, 2.24) is 4.90 Å². The fourth-order valence-electron chi connectivity index (χ4n) is 3.08. The molecule has 0 atom stereocenters. The first kappa shape index (κ1) is 15.7. The molecule has 1 amide bonds. The van der Waals surface area contributed by atoms with Crippen LogP contribution in [0, 0.1) is 5.92 Å². The van der Waals surface area contributed by atoms with Crippen molar-refractivity contribution in [3.63, 3.8) is 0 Å². The molecule has 0 spiro atoms. The number of carbonyl (C=O) groups is 1. The van der Waals surface area contributed by atoms with E-state index in [0.29, 0.717) is 5.56 Å². The second kappa shape index (κ2) is 6.83. The van der Waals surface area contributed by atoms with Crippen molar-refractivity contribution in [3.8, 4) is 0 Å². The molecular formula is C17H27N3O. The van der Waals surface area contributed by atoms with Gasteiger partial charge in [-0.15, -0.1) is 0 Å². The van der Waals surface area contributed by atoms with Gasteiger partial charge in [-0.3, -0.25) is 4.79 Å². The van der Waals surface area contributed by atoms with Gasteiger partial charge in [0.05, 0.1) is 11.4 Å². The molecule has 116 valence electrons. The molecule has 0 unspecified atom stereocenters. The summed E-state index contributed by atoms with van der Waals surface area (Å²) in [6, 6.07) is 5.60. The zero-order valence-corrected chi connectivity index (χ0v) is 13.4. The zero-order chi connectivity index (χ0) is 15.4. The van der Waals surface area contributed by atoms with Crippen molar-refractivity contribution in [1.29, 1.82) is 0 Å². The van der Waals surface area contributed by atoms with Gasteiger partial charge in [-0.05, 0) is 37.0 Å². The van der Waals surface area contributed by atoms with Gasteiger partial charge in [0.1, 0.15) is 0 Å². The quantitative estimate of drug-likeness (QED) is 0.867. The minimum Gasteiger partial charge on any atom is -0.397 e. The van der Waals surface area contributed by atoms with Crippen LogP contribution in [0.15, 0.2) is 18.2 Å². The summed E-state index contributed by atoms with van der Waals surface area (Å²) in [7, 11) is 3.54. The molecule has 1 heterocycles. The Hall–Kier alpha value is -1.71. The lowest BCUT2D eigenvalue weighted by molar-refractivity contribution is 0.0827. The largest absolute Gasteiger partial charge is 0.397 e. The molecule has 0 bridgehead atoms. The number of piperidine rings is 1. The average molecular weight is 289 g/mol. The second-order valence-electron chi connectivity index (χ2n) is 6.19. The zero-order valence-electron chi connectivity index (χ0n) is 13.4. The van der Waals surface area contributed by atoms with Crippen LogP contribution in [-0.2, 0) is 0 Å². The summed E-state index contributed by atoms with van der Waals surface area (Å²) in [5, 5.41) is 0. The third-order valence-electron chi connectivity index (χ3n) is 4.34. The van der Waals surface area contributed by atoms with Crippen molar-refractivity contribution < 1.29 is 4.79 Å². The van der Waals surface area contributed by atoms with Crippen molar-refractivity contribution in [2.75, 3.05) is 37.8 Å². The van der Waals surface area contributed by atoms with E-state index in [-0.39, 0.29) is 5.91 Å². The molecule has 4 nitrogen and oxygen atoms in total. The lowest BCUT2D eigenvalue weighted by Crippen LogP contribution is -2.34. The minimum atomic E-state index is 0.0251. The summed E-state index contributed by atoms with van der Waals surface area (Å²) in [6.07, 6.45) is 5.03. The maximum absolute atomic E-state index is 12.1. The maximum Gasteiger partial charge on any atom is 0.253 e. The first-order valence-electron chi connectivity index (χ1n) is 7.89. The predicted molar refractivity (Wildman–Crippen MR) is 88.7 cm³/mol. The molecule has 21 heavy (non-hydrogen) atoms. The Morgan fingerprint density at radius 2 is 2.00 bits per heavy atom. The molecule has 0 aromatic heterocycles. The Balaban J connectivity index is 2.13. The summed E-state index contributed by atoms with van der Waals surface area (Å²) in [6.45, 7) is 4.32. The standard InChI is InChI=1S/C17H27N3O/c1-4-5-13-8-10-20(11-9-13)16-12-14(6-7-15(16)18)17(21)19(2)3/h6-7,12-13H,4-5,8-11,18H2,1-3H3. The third kappa shape index (κ3) is 3.69. The number of hydrogen-bond acceptors (Lipinski definition) is 3. The molecule has 0 aliphatic carbocycles. The van der Waals surface area contributed by atoms with Crippen molar-refractivity contribution in [2.45, 2.75) is 32.6 Å². The van der Waals surface area contributed by atoms with Gasteiger partial charge in [-0.2, -0.15) is 0 Å². The maximum atomic E-state index is 12.1. The molecule has 1 fully saturated rings. The van der Waals surface area contributed by atoms with Crippen LogP contribution in [-0.4, -0.2) is 38.0 Å². The van der Waals surface area contributed by atoms with Gasteiger partial charge < -0.3 is 15.5 Å². The molecule has 1 aromatic carbocycles. The summed E-state index contributed by atoms with van der Waals surface area (Å²) >= 11 is 0. The average Bonchev–Trinajstić information content (AvgIpc) is 2.48. The van der Waals surface area contributed by atoms with Gasteiger partial charge in [0, 0.05) is 32.7 Å². The van der Waals surface area contributed by atoms with E-state index in [9.17, 15) is 4.79 Å². The fourth-order valence-corrected chi connectivity index (χ4v) is 3.08. The summed E-state index contributed by atoms with van der Waals surface area (Å²) in [5.41, 5.74) is 8.61. The fraction of sp³-hybridized carbons (Fsp3) is 0.588. The number of anilines is 2. The van der Waals surface area contributed by atoms with Gasteiger partial charge in [0.15, 0.2) is 0 Å². The van der Waals surface area contributed by atoms with Crippen LogP contribution in [0.2, 0.25) is 0 Å². The number of hydrogen-bond donors (Lipinski definition) is 1.